The van der Waals surface area contributed by atoms with E-state index in [1.54, 1.807) is 18.2 Å². The highest BCUT2D eigenvalue weighted by molar-refractivity contribution is 6.33. The summed E-state index contributed by atoms with van der Waals surface area (Å²) in [5.41, 5.74) is 8.25. The molecule has 0 unspecified atom stereocenters. The Morgan fingerprint density at radius 3 is 2.75 bits per heavy atom. The third-order valence-corrected chi connectivity index (χ3v) is 3.45. The Bertz CT molecular complexity index is 602. The molecule has 0 fully saturated rings. The second-order valence-electron chi connectivity index (χ2n) is 4.46. The molecule has 5 heteroatoms. The van der Waals surface area contributed by atoms with Crippen LogP contribution in [0.15, 0.2) is 30.3 Å². The molecule has 1 heterocycles. The van der Waals surface area contributed by atoms with Crippen LogP contribution in [-0.2, 0) is 13.0 Å². The summed E-state index contributed by atoms with van der Waals surface area (Å²) in [5.74, 6) is 0.733. The number of aryl methyl sites for hydroxylation is 1. The quantitative estimate of drug-likeness (QED) is 0.914. The van der Waals surface area contributed by atoms with Crippen LogP contribution in [0.5, 0.6) is 5.75 Å². The van der Waals surface area contributed by atoms with Gasteiger partial charge < -0.3 is 10.5 Å². The minimum Gasteiger partial charge on any atom is -0.487 e. The van der Waals surface area contributed by atoms with Crippen LogP contribution in [0.25, 0.3) is 0 Å². The molecular formula is C15H16Cl2N2O. The monoisotopic (exact) mass is 310 g/mol. The van der Waals surface area contributed by atoms with Crippen LogP contribution < -0.4 is 10.5 Å². The van der Waals surface area contributed by atoms with Gasteiger partial charge in [-0.1, -0.05) is 23.2 Å². The van der Waals surface area contributed by atoms with Gasteiger partial charge in [0.25, 0.3) is 0 Å². The predicted molar refractivity (Wildman–Crippen MR) is 82.5 cm³/mol. The van der Waals surface area contributed by atoms with Crippen molar-refractivity contribution in [1.29, 1.82) is 0 Å². The first-order valence-electron chi connectivity index (χ1n) is 6.33. The molecule has 0 bridgehead atoms. The summed E-state index contributed by atoms with van der Waals surface area (Å²) in [7, 11) is 0. The lowest BCUT2D eigenvalue weighted by Gasteiger charge is -2.12. The van der Waals surface area contributed by atoms with Crippen LogP contribution in [0.1, 0.15) is 17.0 Å². The van der Waals surface area contributed by atoms with Crippen LogP contribution >= 0.6 is 23.2 Å². The lowest BCUT2D eigenvalue weighted by Crippen LogP contribution is -2.08. The fraction of sp³-hybridized carbons (Fsp3) is 0.267. The number of pyridine rings is 1. The van der Waals surface area contributed by atoms with Gasteiger partial charge in [-0.15, -0.1) is 0 Å². The molecule has 20 heavy (non-hydrogen) atoms. The van der Waals surface area contributed by atoms with Crippen molar-refractivity contribution < 1.29 is 4.74 Å². The van der Waals surface area contributed by atoms with Crippen molar-refractivity contribution in [2.75, 3.05) is 6.54 Å². The van der Waals surface area contributed by atoms with Crippen LogP contribution in [0.4, 0.5) is 0 Å². The van der Waals surface area contributed by atoms with E-state index in [2.05, 4.69) is 4.98 Å². The minimum atomic E-state index is 0.349. The largest absolute Gasteiger partial charge is 0.487 e. The third-order valence-electron chi connectivity index (χ3n) is 2.84. The van der Waals surface area contributed by atoms with Crippen LogP contribution in [0, 0.1) is 6.92 Å². The molecule has 1 aromatic carbocycles. The van der Waals surface area contributed by atoms with E-state index in [0.717, 1.165) is 22.7 Å². The molecule has 2 N–H and O–H groups in total. The van der Waals surface area contributed by atoms with E-state index >= 15 is 0 Å². The van der Waals surface area contributed by atoms with E-state index < -0.39 is 0 Å². The normalized spacial score (nSPS) is 10.6. The topological polar surface area (TPSA) is 48.1 Å². The molecule has 0 atom stereocenters. The molecule has 106 valence electrons. The van der Waals surface area contributed by atoms with Gasteiger partial charge in [-0.05, 0) is 43.8 Å². The molecule has 0 aliphatic carbocycles. The second-order valence-corrected chi connectivity index (χ2v) is 5.30. The fourth-order valence-electron chi connectivity index (χ4n) is 1.85. The van der Waals surface area contributed by atoms with Crippen molar-refractivity contribution in [2.45, 2.75) is 20.0 Å². The number of nitrogens with zero attached hydrogens (tertiary/aromatic N) is 1. The van der Waals surface area contributed by atoms with Crippen molar-refractivity contribution in [1.82, 2.24) is 4.98 Å². The maximum absolute atomic E-state index is 6.11. The molecule has 0 spiro atoms. The van der Waals surface area contributed by atoms with E-state index in [0.29, 0.717) is 29.6 Å². The van der Waals surface area contributed by atoms with E-state index in [1.165, 1.54) is 0 Å². The zero-order chi connectivity index (χ0) is 14.5. The summed E-state index contributed by atoms with van der Waals surface area (Å²) >= 11 is 12.1. The molecule has 0 amide bonds. The molecule has 0 radical (unpaired) electrons. The van der Waals surface area contributed by atoms with Crippen molar-refractivity contribution in [3.63, 3.8) is 0 Å². The van der Waals surface area contributed by atoms with Crippen LogP contribution in [0.2, 0.25) is 10.0 Å². The molecule has 2 rings (SSSR count). The molecule has 0 saturated carbocycles. The Morgan fingerprint density at radius 1 is 1.20 bits per heavy atom. The number of hydrogen-bond donors (Lipinski definition) is 1. The van der Waals surface area contributed by atoms with Crippen molar-refractivity contribution >= 4 is 23.2 Å². The predicted octanol–water partition coefficient (Wildman–Crippen LogP) is 3.78. The number of aromatic nitrogens is 1. The average molecular weight is 311 g/mol. The zero-order valence-corrected chi connectivity index (χ0v) is 12.7. The zero-order valence-electron chi connectivity index (χ0n) is 11.2. The Labute approximate surface area is 128 Å². The summed E-state index contributed by atoms with van der Waals surface area (Å²) in [6, 6.07) is 9.13. The molecule has 0 saturated heterocycles. The molecule has 0 aliphatic rings. The first-order chi connectivity index (χ1) is 9.60. The number of halogens is 2. The van der Waals surface area contributed by atoms with E-state index in [4.69, 9.17) is 33.7 Å². The van der Waals surface area contributed by atoms with Crippen LogP contribution in [0.3, 0.4) is 0 Å². The lowest BCUT2D eigenvalue weighted by molar-refractivity contribution is 0.301. The Hall–Kier alpha value is -1.29. The maximum Gasteiger partial charge on any atom is 0.141 e. The van der Waals surface area contributed by atoms with Gasteiger partial charge in [-0.3, -0.25) is 4.98 Å². The summed E-state index contributed by atoms with van der Waals surface area (Å²) in [6.45, 7) is 2.82. The number of benzene rings is 1. The summed E-state index contributed by atoms with van der Waals surface area (Å²) < 4.78 is 5.81. The standard InChI is InChI=1S/C15H16Cl2N2O/c1-10-2-5-15(14(19-10)6-7-18)20-9-11-8-12(16)3-4-13(11)17/h2-5,8H,6-7,9,18H2,1H3. The summed E-state index contributed by atoms with van der Waals surface area (Å²) in [4.78, 5) is 4.45. The number of rotatable bonds is 5. The first kappa shape index (κ1) is 15.1. The highest BCUT2D eigenvalue weighted by Crippen LogP contribution is 2.24. The van der Waals surface area contributed by atoms with Gasteiger partial charge in [0.05, 0.1) is 5.69 Å². The molecule has 1 aromatic heterocycles. The molecule has 3 nitrogen and oxygen atoms in total. The smallest absolute Gasteiger partial charge is 0.141 e. The van der Waals surface area contributed by atoms with Gasteiger partial charge in [0.15, 0.2) is 0 Å². The highest BCUT2D eigenvalue weighted by Gasteiger charge is 2.08. The summed E-state index contributed by atoms with van der Waals surface area (Å²) in [5, 5.41) is 1.27. The minimum absolute atomic E-state index is 0.349. The molecule has 2 aromatic rings. The molecule has 0 aliphatic heterocycles. The fourth-order valence-corrected chi connectivity index (χ4v) is 2.22. The Balaban J connectivity index is 2.16. The van der Waals surface area contributed by atoms with Gasteiger partial charge >= 0.3 is 0 Å². The maximum atomic E-state index is 6.11. The van der Waals surface area contributed by atoms with Gasteiger partial charge in [-0.25, -0.2) is 0 Å². The van der Waals surface area contributed by atoms with Gasteiger partial charge in [0.1, 0.15) is 12.4 Å². The van der Waals surface area contributed by atoms with Crippen molar-refractivity contribution in [2.24, 2.45) is 5.73 Å². The highest BCUT2D eigenvalue weighted by atomic mass is 35.5. The molecular weight excluding hydrogens is 295 g/mol. The third kappa shape index (κ3) is 3.85. The van der Waals surface area contributed by atoms with Crippen molar-refractivity contribution in [3.8, 4) is 5.75 Å². The summed E-state index contributed by atoms with van der Waals surface area (Å²) in [6.07, 6.45) is 0.681. The Kier molecular flexibility index (Phi) is 5.24. The number of hydrogen-bond acceptors (Lipinski definition) is 3. The number of nitrogens with two attached hydrogens (primary N) is 1. The lowest BCUT2D eigenvalue weighted by atomic mass is 10.2. The second kappa shape index (κ2) is 6.93. The number of ether oxygens (including phenoxy) is 1. The first-order valence-corrected chi connectivity index (χ1v) is 7.09. The van der Waals surface area contributed by atoms with E-state index in [9.17, 15) is 0 Å². The van der Waals surface area contributed by atoms with E-state index in [-0.39, 0.29) is 0 Å². The average Bonchev–Trinajstić information content (AvgIpc) is 2.42. The SMILES string of the molecule is Cc1ccc(OCc2cc(Cl)ccc2Cl)c(CCN)n1. The van der Waals surface area contributed by atoms with Crippen molar-refractivity contribution in [3.05, 3.63) is 57.3 Å². The van der Waals surface area contributed by atoms with Gasteiger partial charge in [-0.2, -0.15) is 0 Å². The van der Waals surface area contributed by atoms with Gasteiger partial charge in [0.2, 0.25) is 0 Å². The van der Waals surface area contributed by atoms with Crippen LogP contribution in [-0.4, -0.2) is 11.5 Å². The van der Waals surface area contributed by atoms with E-state index in [1.807, 2.05) is 19.1 Å². The van der Waals surface area contributed by atoms with Gasteiger partial charge in [0, 0.05) is 27.7 Å². The Morgan fingerprint density at radius 2 is 2.00 bits per heavy atom.